The zero-order chi connectivity index (χ0) is 17.5. The van der Waals surface area contributed by atoms with E-state index in [-0.39, 0.29) is 18.1 Å². The third-order valence-electron chi connectivity index (χ3n) is 3.80. The molecule has 0 saturated heterocycles. The van der Waals surface area contributed by atoms with Gasteiger partial charge in [0.2, 0.25) is 5.91 Å². The summed E-state index contributed by atoms with van der Waals surface area (Å²) in [6.45, 7) is 2.08. The molecular weight excluding hydrogens is 310 g/mol. The van der Waals surface area contributed by atoms with Gasteiger partial charge in [0.25, 0.3) is 11.8 Å². The first-order valence-electron chi connectivity index (χ1n) is 8.04. The lowest BCUT2D eigenvalue weighted by Crippen LogP contribution is -2.44. The Kier molecular flexibility index (Phi) is 6.06. The molecule has 0 saturated carbocycles. The van der Waals surface area contributed by atoms with Crippen LogP contribution in [0.1, 0.15) is 39.0 Å². The molecule has 7 heteroatoms. The highest BCUT2D eigenvalue weighted by Crippen LogP contribution is 2.25. The molecule has 24 heavy (non-hydrogen) atoms. The van der Waals surface area contributed by atoms with Gasteiger partial charge in [0.1, 0.15) is 11.3 Å². The van der Waals surface area contributed by atoms with E-state index in [9.17, 15) is 19.5 Å². The van der Waals surface area contributed by atoms with E-state index in [4.69, 9.17) is 0 Å². The minimum atomic E-state index is -0.870. The summed E-state index contributed by atoms with van der Waals surface area (Å²) in [7, 11) is 0. The van der Waals surface area contributed by atoms with Gasteiger partial charge in [-0.05, 0) is 12.5 Å². The number of dihydropyridines is 1. The van der Waals surface area contributed by atoms with Crippen molar-refractivity contribution in [1.82, 2.24) is 10.9 Å². The van der Waals surface area contributed by atoms with Crippen LogP contribution in [-0.2, 0) is 14.4 Å². The van der Waals surface area contributed by atoms with Crippen LogP contribution in [0.2, 0.25) is 0 Å². The van der Waals surface area contributed by atoms with Gasteiger partial charge in [0.05, 0.1) is 11.6 Å². The van der Waals surface area contributed by atoms with E-state index in [1.807, 2.05) is 0 Å². The fourth-order valence-electron chi connectivity index (χ4n) is 2.49. The van der Waals surface area contributed by atoms with Gasteiger partial charge in [-0.2, -0.15) is 0 Å². The summed E-state index contributed by atoms with van der Waals surface area (Å²) >= 11 is 0. The number of aliphatic hydroxyl groups is 1. The molecule has 0 aromatic heterocycles. The molecule has 0 aromatic carbocycles. The monoisotopic (exact) mass is 331 g/mol. The fraction of sp³-hybridized carbons (Fsp3) is 0.412. The van der Waals surface area contributed by atoms with Crippen molar-refractivity contribution in [3.8, 4) is 0 Å². The van der Waals surface area contributed by atoms with Crippen molar-refractivity contribution in [2.75, 3.05) is 0 Å². The lowest BCUT2D eigenvalue weighted by atomic mass is 9.90. The van der Waals surface area contributed by atoms with Crippen LogP contribution in [0.3, 0.4) is 0 Å². The second kappa shape index (κ2) is 8.24. The standard InChI is InChI=1S/C17H21N3O4/c1-2-3-4-5-10-13(21)19-20-17(24)14-15(22)11-8-6-7-9-12(11)18-16(14)23/h6-9,11,22H,2-5,10H2,1H3,(H,19,21)(H,20,24). The number of carbonyl (C=O) groups excluding carboxylic acids is 3. The second-order valence-electron chi connectivity index (χ2n) is 5.64. The number of hydrogen-bond acceptors (Lipinski definition) is 4. The molecule has 0 fully saturated rings. The van der Waals surface area contributed by atoms with E-state index in [0.29, 0.717) is 5.71 Å². The molecule has 0 bridgehead atoms. The van der Waals surface area contributed by atoms with Crippen LogP contribution in [0.4, 0.5) is 0 Å². The quantitative estimate of drug-likeness (QED) is 0.390. The Morgan fingerprint density at radius 3 is 2.75 bits per heavy atom. The number of allylic oxidation sites excluding steroid dienone is 4. The Morgan fingerprint density at radius 2 is 2.00 bits per heavy atom. The van der Waals surface area contributed by atoms with Crippen LogP contribution in [0.15, 0.2) is 40.6 Å². The lowest BCUT2D eigenvalue weighted by Gasteiger charge is -2.21. The molecule has 7 nitrogen and oxygen atoms in total. The molecule has 1 aliphatic carbocycles. The Morgan fingerprint density at radius 1 is 1.21 bits per heavy atom. The predicted octanol–water partition coefficient (Wildman–Crippen LogP) is 1.64. The van der Waals surface area contributed by atoms with Gasteiger partial charge in [-0.15, -0.1) is 0 Å². The first kappa shape index (κ1) is 17.7. The number of rotatable bonds is 6. The molecule has 2 rings (SSSR count). The molecule has 2 aliphatic rings. The van der Waals surface area contributed by atoms with Gasteiger partial charge in [0.15, 0.2) is 0 Å². The van der Waals surface area contributed by atoms with Crippen LogP contribution in [0, 0.1) is 5.92 Å². The SMILES string of the molecule is CCCCCCC(=O)NNC(=O)C1=C(O)C2C=CC=CC2=NC1=O. The zero-order valence-corrected chi connectivity index (χ0v) is 13.5. The van der Waals surface area contributed by atoms with Crippen LogP contribution in [0.5, 0.6) is 0 Å². The van der Waals surface area contributed by atoms with E-state index in [1.54, 1.807) is 24.3 Å². The molecule has 0 spiro atoms. The van der Waals surface area contributed by atoms with E-state index in [0.717, 1.165) is 25.7 Å². The Labute approximate surface area is 140 Å². The molecule has 3 amide bonds. The molecule has 1 atom stereocenters. The van der Waals surface area contributed by atoms with Crippen LogP contribution in [-0.4, -0.2) is 28.5 Å². The Balaban J connectivity index is 1.92. The summed E-state index contributed by atoms with van der Waals surface area (Å²) in [5, 5.41) is 10.2. The molecular formula is C17H21N3O4. The first-order valence-corrected chi connectivity index (χ1v) is 8.04. The van der Waals surface area contributed by atoms with Gasteiger partial charge in [0, 0.05) is 6.42 Å². The minimum absolute atomic E-state index is 0.289. The van der Waals surface area contributed by atoms with E-state index in [2.05, 4.69) is 22.8 Å². The highest BCUT2D eigenvalue weighted by molar-refractivity contribution is 6.25. The Bertz CT molecular complexity index is 659. The molecule has 1 heterocycles. The highest BCUT2D eigenvalue weighted by Gasteiger charge is 2.34. The third-order valence-corrected chi connectivity index (χ3v) is 3.80. The summed E-state index contributed by atoms with van der Waals surface area (Å²) in [6, 6.07) is 0. The summed E-state index contributed by atoms with van der Waals surface area (Å²) in [5.41, 5.74) is 4.35. The van der Waals surface area contributed by atoms with Crippen molar-refractivity contribution < 1.29 is 19.5 Å². The second-order valence-corrected chi connectivity index (χ2v) is 5.64. The molecule has 1 unspecified atom stereocenters. The number of amides is 3. The molecule has 3 N–H and O–H groups in total. The highest BCUT2D eigenvalue weighted by atomic mass is 16.3. The summed E-state index contributed by atoms with van der Waals surface area (Å²) in [6.07, 6.45) is 10.7. The van der Waals surface area contributed by atoms with Crippen molar-refractivity contribution in [1.29, 1.82) is 0 Å². The van der Waals surface area contributed by atoms with Crippen molar-refractivity contribution in [3.63, 3.8) is 0 Å². The number of carbonyl (C=O) groups is 3. The summed E-state index contributed by atoms with van der Waals surface area (Å²) < 4.78 is 0. The smallest absolute Gasteiger partial charge is 0.286 e. The van der Waals surface area contributed by atoms with Crippen LogP contribution >= 0.6 is 0 Å². The van der Waals surface area contributed by atoms with E-state index >= 15 is 0 Å². The van der Waals surface area contributed by atoms with Crippen LogP contribution < -0.4 is 10.9 Å². The maximum Gasteiger partial charge on any atom is 0.286 e. The molecule has 128 valence electrons. The van der Waals surface area contributed by atoms with E-state index < -0.39 is 23.3 Å². The normalized spacial score (nSPS) is 19.0. The molecule has 1 aliphatic heterocycles. The largest absolute Gasteiger partial charge is 0.510 e. The van der Waals surface area contributed by atoms with E-state index in [1.165, 1.54) is 0 Å². The number of unbranched alkanes of at least 4 members (excludes halogenated alkanes) is 3. The number of nitrogens with one attached hydrogen (secondary N) is 2. The average molecular weight is 331 g/mol. The number of aliphatic imine (C=N–C) groups is 1. The van der Waals surface area contributed by atoms with Gasteiger partial charge < -0.3 is 5.11 Å². The number of hydrazine groups is 1. The number of fused-ring (bicyclic) bond motifs is 1. The maximum atomic E-state index is 12.1. The first-order chi connectivity index (χ1) is 11.5. The van der Waals surface area contributed by atoms with Gasteiger partial charge in [-0.3, -0.25) is 25.2 Å². The van der Waals surface area contributed by atoms with Gasteiger partial charge in [-0.25, -0.2) is 4.99 Å². The number of aliphatic hydroxyl groups excluding tert-OH is 1. The number of hydrogen-bond donors (Lipinski definition) is 3. The van der Waals surface area contributed by atoms with Crippen molar-refractivity contribution in [2.24, 2.45) is 10.9 Å². The topological polar surface area (TPSA) is 108 Å². The van der Waals surface area contributed by atoms with Crippen molar-refractivity contribution in [3.05, 3.63) is 35.6 Å². The average Bonchev–Trinajstić information content (AvgIpc) is 2.57. The van der Waals surface area contributed by atoms with Crippen molar-refractivity contribution in [2.45, 2.75) is 39.0 Å². The predicted molar refractivity (Wildman–Crippen MR) is 88.9 cm³/mol. The molecule has 0 aromatic rings. The van der Waals surface area contributed by atoms with Crippen LogP contribution in [0.25, 0.3) is 0 Å². The minimum Gasteiger partial charge on any atom is -0.510 e. The summed E-state index contributed by atoms with van der Waals surface area (Å²) in [5.74, 6) is -3.01. The summed E-state index contributed by atoms with van der Waals surface area (Å²) in [4.78, 5) is 39.5. The maximum absolute atomic E-state index is 12.1. The zero-order valence-electron chi connectivity index (χ0n) is 13.5. The Hall–Kier alpha value is -2.70. The van der Waals surface area contributed by atoms with Gasteiger partial charge >= 0.3 is 0 Å². The van der Waals surface area contributed by atoms with Crippen molar-refractivity contribution >= 4 is 23.4 Å². The molecule has 0 radical (unpaired) electrons. The number of nitrogens with zero attached hydrogens (tertiary/aromatic N) is 1. The lowest BCUT2D eigenvalue weighted by molar-refractivity contribution is -0.129. The van der Waals surface area contributed by atoms with Gasteiger partial charge in [-0.1, -0.05) is 44.4 Å². The fourth-order valence-corrected chi connectivity index (χ4v) is 2.49. The third kappa shape index (κ3) is 4.18.